The van der Waals surface area contributed by atoms with Gasteiger partial charge in [0.1, 0.15) is 5.76 Å². The molecule has 3 heterocycles. The molecule has 6 nitrogen and oxygen atoms in total. The number of aromatic amines is 1. The summed E-state index contributed by atoms with van der Waals surface area (Å²) in [6.45, 7) is 5.71. The number of benzene rings is 1. The van der Waals surface area contributed by atoms with Crippen molar-refractivity contribution in [1.29, 1.82) is 0 Å². The minimum Gasteiger partial charge on any atom is -0.361 e. The average molecular weight is 381 g/mol. The maximum Gasteiger partial charge on any atom is 0.175 e. The molecule has 0 aliphatic heterocycles. The second-order valence-electron chi connectivity index (χ2n) is 6.77. The lowest BCUT2D eigenvalue weighted by molar-refractivity contribution is 0.393. The summed E-state index contributed by atoms with van der Waals surface area (Å²) < 4.78 is 29.3. The summed E-state index contributed by atoms with van der Waals surface area (Å²) in [6.07, 6.45) is 1.20. The molecule has 0 unspecified atom stereocenters. The van der Waals surface area contributed by atoms with Gasteiger partial charge in [0.15, 0.2) is 9.84 Å². The second kappa shape index (κ2) is 6.06. The van der Waals surface area contributed by atoms with Gasteiger partial charge in [-0.15, -0.1) is 0 Å². The van der Waals surface area contributed by atoms with Gasteiger partial charge < -0.3 is 9.51 Å². The summed E-state index contributed by atoms with van der Waals surface area (Å²) >= 11 is 0. The molecule has 0 radical (unpaired) electrons. The lowest BCUT2D eigenvalue weighted by Crippen LogP contribution is -1.98. The Labute approximate surface area is 157 Å². The molecule has 0 saturated carbocycles. The molecule has 0 aliphatic rings. The molecule has 1 N–H and O–H groups in total. The smallest absolute Gasteiger partial charge is 0.175 e. The average Bonchev–Trinajstić information content (AvgIpc) is 3.14. The molecule has 4 aromatic rings. The van der Waals surface area contributed by atoms with Gasteiger partial charge >= 0.3 is 0 Å². The SMILES string of the molecule is Cc1cc2c(-c3cccc(S(C)(=O)=O)c3)nc(-c3c(C)noc3C)cc2[nH]1. The number of aromatic nitrogens is 3. The summed E-state index contributed by atoms with van der Waals surface area (Å²) in [5, 5.41) is 4.96. The van der Waals surface area contributed by atoms with Crippen LogP contribution in [-0.4, -0.2) is 29.8 Å². The minimum atomic E-state index is -3.31. The lowest BCUT2D eigenvalue weighted by atomic mass is 10.0. The second-order valence-corrected chi connectivity index (χ2v) is 8.78. The van der Waals surface area contributed by atoms with Gasteiger partial charge in [-0.25, -0.2) is 13.4 Å². The number of fused-ring (bicyclic) bond motifs is 1. The van der Waals surface area contributed by atoms with Crippen LogP contribution >= 0.6 is 0 Å². The van der Waals surface area contributed by atoms with E-state index in [-0.39, 0.29) is 4.90 Å². The molecular formula is C20H19N3O3S. The Morgan fingerprint density at radius 3 is 2.52 bits per heavy atom. The number of sulfone groups is 1. The first-order valence-electron chi connectivity index (χ1n) is 8.48. The molecule has 0 amide bonds. The van der Waals surface area contributed by atoms with E-state index < -0.39 is 9.84 Å². The van der Waals surface area contributed by atoms with Crippen LogP contribution in [0.15, 0.2) is 45.8 Å². The third kappa shape index (κ3) is 3.04. The minimum absolute atomic E-state index is 0.268. The van der Waals surface area contributed by atoms with Crippen LogP contribution in [0.5, 0.6) is 0 Å². The Hall–Kier alpha value is -2.93. The summed E-state index contributed by atoms with van der Waals surface area (Å²) in [4.78, 5) is 8.47. The van der Waals surface area contributed by atoms with Crippen LogP contribution in [0.4, 0.5) is 0 Å². The zero-order valence-corrected chi connectivity index (χ0v) is 16.3. The van der Waals surface area contributed by atoms with Crippen LogP contribution in [-0.2, 0) is 9.84 Å². The van der Waals surface area contributed by atoms with E-state index in [4.69, 9.17) is 9.51 Å². The highest BCUT2D eigenvalue weighted by atomic mass is 32.2. The molecule has 0 bridgehead atoms. The fraction of sp³-hybridized carbons (Fsp3) is 0.200. The molecule has 4 rings (SSSR count). The van der Waals surface area contributed by atoms with Crippen molar-refractivity contribution in [2.45, 2.75) is 25.7 Å². The zero-order chi connectivity index (χ0) is 19.3. The molecule has 0 aliphatic carbocycles. The van der Waals surface area contributed by atoms with Crippen molar-refractivity contribution in [3.8, 4) is 22.5 Å². The summed E-state index contributed by atoms with van der Waals surface area (Å²) in [5.74, 6) is 0.693. The first-order chi connectivity index (χ1) is 12.7. The van der Waals surface area contributed by atoms with Crippen LogP contribution < -0.4 is 0 Å². The Kier molecular flexibility index (Phi) is 3.92. The Bertz CT molecular complexity index is 1260. The molecule has 7 heteroatoms. The molecule has 0 fully saturated rings. The number of H-pyrrole nitrogens is 1. The fourth-order valence-electron chi connectivity index (χ4n) is 3.34. The van der Waals surface area contributed by atoms with Crippen LogP contribution in [0.2, 0.25) is 0 Å². The number of nitrogens with zero attached hydrogens (tertiary/aromatic N) is 2. The fourth-order valence-corrected chi connectivity index (χ4v) is 4.01. The third-order valence-corrected chi connectivity index (χ3v) is 5.69. The van der Waals surface area contributed by atoms with Gasteiger partial charge in [0.2, 0.25) is 0 Å². The monoisotopic (exact) mass is 381 g/mol. The van der Waals surface area contributed by atoms with Gasteiger partial charge in [0, 0.05) is 28.4 Å². The van der Waals surface area contributed by atoms with E-state index in [1.807, 2.05) is 39.0 Å². The summed E-state index contributed by atoms with van der Waals surface area (Å²) in [5.41, 5.74) is 5.75. The van der Waals surface area contributed by atoms with E-state index in [0.29, 0.717) is 5.76 Å². The zero-order valence-electron chi connectivity index (χ0n) is 15.5. The van der Waals surface area contributed by atoms with Crippen molar-refractivity contribution in [2.24, 2.45) is 0 Å². The van der Waals surface area contributed by atoms with Crippen molar-refractivity contribution in [1.82, 2.24) is 15.1 Å². The van der Waals surface area contributed by atoms with Gasteiger partial charge in [-0.3, -0.25) is 0 Å². The van der Waals surface area contributed by atoms with Crippen molar-refractivity contribution < 1.29 is 12.9 Å². The Morgan fingerprint density at radius 1 is 1.07 bits per heavy atom. The topological polar surface area (TPSA) is 88.8 Å². The predicted molar refractivity (Wildman–Crippen MR) is 104 cm³/mol. The highest BCUT2D eigenvalue weighted by molar-refractivity contribution is 7.90. The van der Waals surface area contributed by atoms with Crippen LogP contribution in [0, 0.1) is 20.8 Å². The largest absolute Gasteiger partial charge is 0.361 e. The van der Waals surface area contributed by atoms with E-state index >= 15 is 0 Å². The van der Waals surface area contributed by atoms with Crippen LogP contribution in [0.3, 0.4) is 0 Å². The van der Waals surface area contributed by atoms with Crippen molar-refractivity contribution >= 4 is 20.7 Å². The van der Waals surface area contributed by atoms with E-state index in [9.17, 15) is 8.42 Å². The number of pyridine rings is 1. The molecular weight excluding hydrogens is 362 g/mol. The summed E-state index contributed by atoms with van der Waals surface area (Å²) in [6, 6.07) is 10.9. The highest BCUT2D eigenvalue weighted by Crippen LogP contribution is 2.34. The Balaban J connectivity index is 2.03. The molecule has 138 valence electrons. The number of nitrogens with one attached hydrogen (secondary N) is 1. The van der Waals surface area contributed by atoms with Crippen molar-refractivity contribution in [3.05, 3.63) is 53.5 Å². The van der Waals surface area contributed by atoms with Gasteiger partial charge in [-0.05, 0) is 45.0 Å². The van der Waals surface area contributed by atoms with E-state index in [0.717, 1.165) is 44.8 Å². The van der Waals surface area contributed by atoms with Gasteiger partial charge in [-0.1, -0.05) is 17.3 Å². The van der Waals surface area contributed by atoms with Gasteiger partial charge in [0.25, 0.3) is 0 Å². The third-order valence-electron chi connectivity index (χ3n) is 4.58. The standard InChI is InChI=1S/C20H19N3O3S/c1-11-8-16-17(21-11)10-18(19-12(2)23-26-13(19)3)22-20(16)14-6-5-7-15(9-14)27(4,24)25/h5-10,21H,1-4H3. The predicted octanol–water partition coefficient (Wildman–Crippen LogP) is 4.21. The number of aryl methyl sites for hydroxylation is 3. The van der Waals surface area contributed by atoms with Crippen LogP contribution in [0.1, 0.15) is 17.1 Å². The van der Waals surface area contributed by atoms with E-state index in [1.165, 1.54) is 6.26 Å². The number of hydrogen-bond donors (Lipinski definition) is 1. The molecule has 27 heavy (non-hydrogen) atoms. The van der Waals surface area contributed by atoms with Gasteiger partial charge in [0.05, 0.1) is 27.5 Å². The maximum atomic E-state index is 12.0. The van der Waals surface area contributed by atoms with Crippen molar-refractivity contribution in [2.75, 3.05) is 6.26 Å². The lowest BCUT2D eigenvalue weighted by Gasteiger charge is -2.08. The van der Waals surface area contributed by atoms with E-state index in [2.05, 4.69) is 10.1 Å². The molecule has 1 aromatic carbocycles. The quantitative estimate of drug-likeness (QED) is 0.574. The molecule has 0 saturated heterocycles. The number of rotatable bonds is 3. The Morgan fingerprint density at radius 2 is 1.85 bits per heavy atom. The molecule has 0 atom stereocenters. The van der Waals surface area contributed by atoms with Crippen molar-refractivity contribution in [3.63, 3.8) is 0 Å². The maximum absolute atomic E-state index is 12.0. The normalized spacial score (nSPS) is 12.0. The van der Waals surface area contributed by atoms with Gasteiger partial charge in [-0.2, -0.15) is 0 Å². The highest BCUT2D eigenvalue weighted by Gasteiger charge is 2.18. The summed E-state index contributed by atoms with van der Waals surface area (Å²) in [7, 11) is -3.31. The first-order valence-corrected chi connectivity index (χ1v) is 10.4. The molecule has 0 spiro atoms. The van der Waals surface area contributed by atoms with Crippen LogP contribution in [0.25, 0.3) is 33.4 Å². The first kappa shape index (κ1) is 17.5. The van der Waals surface area contributed by atoms with E-state index in [1.54, 1.807) is 18.2 Å². The molecule has 3 aromatic heterocycles. The number of hydrogen-bond acceptors (Lipinski definition) is 5.